The third-order valence-electron chi connectivity index (χ3n) is 7.03. The number of hydrogen-bond donors (Lipinski definition) is 0. The molecule has 5 rings (SSSR count). The van der Waals surface area contributed by atoms with Crippen molar-refractivity contribution in [2.24, 2.45) is 0 Å². The molecular formula is C32H32O2P+. The Morgan fingerprint density at radius 3 is 1.54 bits per heavy atom. The van der Waals surface area contributed by atoms with Gasteiger partial charge in [0.05, 0.1) is 11.7 Å². The smallest absolute Gasteiger partial charge is 0.338 e. The average molecular weight is 480 g/mol. The summed E-state index contributed by atoms with van der Waals surface area (Å²) in [4.78, 5) is 12.8. The van der Waals surface area contributed by atoms with Crippen molar-refractivity contribution in [1.29, 1.82) is 0 Å². The summed E-state index contributed by atoms with van der Waals surface area (Å²) in [6, 6.07) is 40.8. The first-order valence-corrected chi connectivity index (χ1v) is 14.6. The van der Waals surface area contributed by atoms with Gasteiger partial charge in [-0.2, -0.15) is 0 Å². The largest absolute Gasteiger partial charge is 0.459 e. The summed E-state index contributed by atoms with van der Waals surface area (Å²) >= 11 is 0. The molecule has 0 N–H and O–H groups in total. The van der Waals surface area contributed by atoms with Crippen LogP contribution in [-0.4, -0.2) is 12.1 Å². The van der Waals surface area contributed by atoms with Gasteiger partial charge < -0.3 is 4.74 Å². The quantitative estimate of drug-likeness (QED) is 0.219. The van der Waals surface area contributed by atoms with Crippen LogP contribution in [0.1, 0.15) is 48.0 Å². The molecular weight excluding hydrogens is 447 g/mol. The van der Waals surface area contributed by atoms with Crippen molar-refractivity contribution in [3.63, 3.8) is 0 Å². The first-order valence-electron chi connectivity index (χ1n) is 12.6. The minimum atomic E-state index is -1.96. The van der Waals surface area contributed by atoms with Crippen LogP contribution in [0.3, 0.4) is 0 Å². The van der Waals surface area contributed by atoms with Gasteiger partial charge in [0.1, 0.15) is 29.3 Å². The van der Waals surface area contributed by atoms with Gasteiger partial charge in [-0.3, -0.25) is 0 Å². The van der Waals surface area contributed by atoms with Crippen molar-refractivity contribution < 1.29 is 9.53 Å². The van der Waals surface area contributed by atoms with Gasteiger partial charge in [0.2, 0.25) is 0 Å². The van der Waals surface area contributed by atoms with E-state index < -0.39 is 7.26 Å². The highest BCUT2D eigenvalue weighted by Gasteiger charge is 2.45. The maximum absolute atomic E-state index is 12.8. The molecule has 0 bridgehead atoms. The Morgan fingerprint density at radius 2 is 1.09 bits per heavy atom. The SMILES string of the molecule is O=C(OC1CCCCC1)c1ccc(C[P+](c2ccccc2)(c2ccccc2)c2ccccc2)cc1. The summed E-state index contributed by atoms with van der Waals surface area (Å²) in [7, 11) is -1.96. The van der Waals surface area contributed by atoms with Crippen LogP contribution in [0.4, 0.5) is 0 Å². The molecule has 1 aliphatic carbocycles. The molecule has 0 saturated heterocycles. The van der Waals surface area contributed by atoms with E-state index in [9.17, 15) is 4.79 Å². The molecule has 2 nitrogen and oxygen atoms in total. The molecule has 0 atom stereocenters. The summed E-state index contributed by atoms with van der Waals surface area (Å²) in [5, 5.41) is 4.08. The highest BCUT2D eigenvalue weighted by molar-refractivity contribution is 7.95. The van der Waals surface area contributed by atoms with E-state index in [-0.39, 0.29) is 12.1 Å². The lowest BCUT2D eigenvalue weighted by atomic mass is 9.98. The van der Waals surface area contributed by atoms with Crippen LogP contribution in [0.2, 0.25) is 0 Å². The minimum Gasteiger partial charge on any atom is -0.459 e. The van der Waals surface area contributed by atoms with Gasteiger partial charge in [0.25, 0.3) is 0 Å². The van der Waals surface area contributed by atoms with Crippen molar-refractivity contribution >= 4 is 29.1 Å². The molecule has 0 amide bonds. The van der Waals surface area contributed by atoms with Crippen LogP contribution in [0.25, 0.3) is 0 Å². The molecule has 1 aliphatic rings. The van der Waals surface area contributed by atoms with E-state index >= 15 is 0 Å². The highest BCUT2D eigenvalue weighted by atomic mass is 31.2. The number of esters is 1. The third-order valence-corrected chi connectivity index (χ3v) is 11.4. The lowest BCUT2D eigenvalue weighted by molar-refractivity contribution is 0.0211. The van der Waals surface area contributed by atoms with E-state index in [1.54, 1.807) is 0 Å². The number of hydrogen-bond acceptors (Lipinski definition) is 2. The molecule has 4 aromatic carbocycles. The molecule has 3 heteroatoms. The summed E-state index contributed by atoms with van der Waals surface area (Å²) in [5.74, 6) is -0.196. The van der Waals surface area contributed by atoms with Crippen molar-refractivity contribution in [2.75, 3.05) is 0 Å². The predicted octanol–water partition coefficient (Wildman–Crippen LogP) is 6.67. The lowest BCUT2D eigenvalue weighted by Gasteiger charge is -2.28. The van der Waals surface area contributed by atoms with Gasteiger partial charge in [-0.25, -0.2) is 4.79 Å². The lowest BCUT2D eigenvalue weighted by Crippen LogP contribution is -2.32. The molecule has 35 heavy (non-hydrogen) atoms. The Morgan fingerprint density at radius 1 is 0.629 bits per heavy atom. The molecule has 0 radical (unpaired) electrons. The van der Waals surface area contributed by atoms with Gasteiger partial charge in [0.15, 0.2) is 0 Å². The maximum atomic E-state index is 12.8. The van der Waals surface area contributed by atoms with Gasteiger partial charge in [-0.1, -0.05) is 73.2 Å². The first kappa shape index (κ1) is 23.5. The molecule has 176 valence electrons. The molecule has 4 aromatic rings. The summed E-state index contributed by atoms with van der Waals surface area (Å²) in [6.07, 6.45) is 6.50. The molecule has 0 heterocycles. The molecule has 1 saturated carbocycles. The second-order valence-electron chi connectivity index (χ2n) is 9.34. The second-order valence-corrected chi connectivity index (χ2v) is 12.8. The number of carbonyl (C=O) groups is 1. The van der Waals surface area contributed by atoms with Crippen molar-refractivity contribution in [2.45, 2.75) is 44.4 Å². The summed E-state index contributed by atoms with van der Waals surface area (Å²) < 4.78 is 5.79. The van der Waals surface area contributed by atoms with Crippen LogP contribution in [-0.2, 0) is 10.9 Å². The van der Waals surface area contributed by atoms with Crippen molar-refractivity contribution in [3.05, 3.63) is 126 Å². The minimum absolute atomic E-state index is 0.0729. The Labute approximate surface area is 209 Å². The number of carbonyl (C=O) groups excluding carboxylic acids is 1. The molecule has 0 aliphatic heterocycles. The number of rotatable bonds is 7. The first-order chi connectivity index (χ1) is 17.3. The molecule has 0 unspecified atom stereocenters. The van der Waals surface area contributed by atoms with E-state index in [4.69, 9.17) is 4.74 Å². The zero-order chi connectivity index (χ0) is 23.9. The van der Waals surface area contributed by atoms with E-state index in [0.717, 1.165) is 31.8 Å². The fourth-order valence-electron chi connectivity index (χ4n) is 5.19. The second kappa shape index (κ2) is 11.0. The van der Waals surface area contributed by atoms with E-state index in [2.05, 4.69) is 103 Å². The Hall–Kier alpha value is -3.22. The predicted molar refractivity (Wildman–Crippen MR) is 148 cm³/mol. The van der Waals surface area contributed by atoms with Crippen LogP contribution < -0.4 is 15.9 Å². The Balaban J connectivity index is 1.50. The average Bonchev–Trinajstić information content (AvgIpc) is 2.94. The monoisotopic (exact) mass is 479 g/mol. The molecule has 1 fully saturated rings. The fraction of sp³-hybridized carbons (Fsp3) is 0.219. The highest BCUT2D eigenvalue weighted by Crippen LogP contribution is 2.58. The maximum Gasteiger partial charge on any atom is 0.338 e. The van der Waals surface area contributed by atoms with Crippen molar-refractivity contribution in [1.82, 2.24) is 0 Å². The van der Waals surface area contributed by atoms with E-state index in [1.807, 2.05) is 12.1 Å². The van der Waals surface area contributed by atoms with Gasteiger partial charge >= 0.3 is 5.97 Å². The zero-order valence-corrected chi connectivity index (χ0v) is 20.9. The van der Waals surface area contributed by atoms with Crippen LogP contribution in [0.5, 0.6) is 0 Å². The van der Waals surface area contributed by atoms with Gasteiger partial charge in [0, 0.05) is 0 Å². The third kappa shape index (κ3) is 5.24. The zero-order valence-electron chi connectivity index (χ0n) is 20.1. The van der Waals surface area contributed by atoms with Gasteiger partial charge in [-0.15, -0.1) is 0 Å². The molecule has 0 aromatic heterocycles. The van der Waals surface area contributed by atoms with Crippen molar-refractivity contribution in [3.8, 4) is 0 Å². The fourth-order valence-corrected chi connectivity index (χ4v) is 9.43. The van der Waals surface area contributed by atoms with Crippen LogP contribution in [0.15, 0.2) is 115 Å². The van der Waals surface area contributed by atoms with E-state index in [1.165, 1.54) is 27.9 Å². The van der Waals surface area contributed by atoms with Gasteiger partial charge in [-0.05, 0) is 79.8 Å². The summed E-state index contributed by atoms with van der Waals surface area (Å²) in [5.41, 5.74) is 1.87. The molecule has 0 spiro atoms. The topological polar surface area (TPSA) is 26.3 Å². The van der Waals surface area contributed by atoms with Crippen LogP contribution in [0, 0.1) is 0 Å². The van der Waals surface area contributed by atoms with Crippen LogP contribution >= 0.6 is 7.26 Å². The normalized spacial score (nSPS) is 14.4. The summed E-state index contributed by atoms with van der Waals surface area (Å²) in [6.45, 7) is 0. The van der Waals surface area contributed by atoms with E-state index in [0.29, 0.717) is 5.56 Å². The Bertz CT molecular complexity index is 1120. The number of ether oxygens (including phenoxy) is 1. The number of benzene rings is 4. The standard InChI is InChI=1S/C32H32O2P/c33-32(34-28-13-5-1-6-14-28)27-23-21-26(22-24-27)25-35(29-15-7-2-8-16-29,30-17-9-3-10-18-30)31-19-11-4-12-20-31/h2-4,7-12,15-24,28H,1,5-6,13-14,25H2/q+1. The Kier molecular flexibility index (Phi) is 7.40.